The highest BCUT2D eigenvalue weighted by Crippen LogP contribution is 2.63. The van der Waals surface area contributed by atoms with Gasteiger partial charge in [-0.05, 0) is 201 Å². The summed E-state index contributed by atoms with van der Waals surface area (Å²) in [5, 5.41) is 0. The van der Waals surface area contributed by atoms with Gasteiger partial charge in [-0.3, -0.25) is 0 Å². The molecule has 3 nitrogen and oxygen atoms in total. The Morgan fingerprint density at radius 3 is 1.66 bits per heavy atom. The Labute approximate surface area is 443 Å². The fourth-order valence-electron chi connectivity index (χ4n) is 16.7. The van der Waals surface area contributed by atoms with Crippen LogP contribution in [0.3, 0.4) is 0 Å². The lowest BCUT2D eigenvalue weighted by Gasteiger charge is -2.53. The van der Waals surface area contributed by atoms with E-state index in [2.05, 4.69) is 232 Å². The molecule has 3 aliphatic heterocycles. The molecule has 0 radical (unpaired) electrons. The van der Waals surface area contributed by atoms with E-state index in [4.69, 9.17) is 0 Å². The zero-order valence-electron chi connectivity index (χ0n) is 46.7. The van der Waals surface area contributed by atoms with E-state index in [0.717, 1.165) is 0 Å². The molecular formula is C70H76BN3. The van der Waals surface area contributed by atoms with Crippen LogP contribution in [-0.4, -0.2) is 12.3 Å². The Hall–Kier alpha value is -6.00. The van der Waals surface area contributed by atoms with Gasteiger partial charge in [-0.25, -0.2) is 0 Å². The van der Waals surface area contributed by atoms with Crippen LogP contribution in [0.4, 0.5) is 45.5 Å². The van der Waals surface area contributed by atoms with Gasteiger partial charge in [0, 0.05) is 50.6 Å². The van der Waals surface area contributed by atoms with Gasteiger partial charge in [0.2, 0.25) is 0 Å². The van der Waals surface area contributed by atoms with E-state index < -0.39 is 0 Å². The first-order valence-electron chi connectivity index (χ1n) is 28.4. The van der Waals surface area contributed by atoms with Crippen LogP contribution in [0.15, 0.2) is 127 Å². The van der Waals surface area contributed by atoms with Gasteiger partial charge in [0.25, 0.3) is 6.71 Å². The summed E-state index contributed by atoms with van der Waals surface area (Å²) in [5.41, 5.74) is 29.3. The van der Waals surface area contributed by atoms with E-state index in [9.17, 15) is 0 Å². The minimum absolute atomic E-state index is 0.0272. The van der Waals surface area contributed by atoms with E-state index in [1.54, 1.807) is 5.56 Å². The van der Waals surface area contributed by atoms with Gasteiger partial charge < -0.3 is 14.7 Å². The van der Waals surface area contributed by atoms with Crippen molar-refractivity contribution >= 4 is 68.6 Å². The third kappa shape index (κ3) is 5.98. The summed E-state index contributed by atoms with van der Waals surface area (Å²) in [7, 11) is 0. The van der Waals surface area contributed by atoms with Crippen LogP contribution in [-0.2, 0) is 32.5 Å². The summed E-state index contributed by atoms with van der Waals surface area (Å²) in [4.78, 5) is 8.26. The van der Waals surface area contributed by atoms with Gasteiger partial charge in [-0.2, -0.15) is 0 Å². The number of anilines is 8. The second-order valence-electron chi connectivity index (χ2n) is 27.8. The topological polar surface area (TPSA) is 9.72 Å². The van der Waals surface area contributed by atoms with Gasteiger partial charge in [0.15, 0.2) is 0 Å². The number of benzene rings is 7. The number of fused-ring (bicyclic) bond motifs is 12. The van der Waals surface area contributed by atoms with E-state index >= 15 is 0 Å². The average molecular weight is 970 g/mol. The van der Waals surface area contributed by atoms with Crippen LogP contribution in [0, 0.1) is 6.92 Å². The summed E-state index contributed by atoms with van der Waals surface area (Å²) in [6.45, 7) is 32.3. The second kappa shape index (κ2) is 14.9. The Bertz CT molecular complexity index is 3510. The molecule has 0 amide bonds. The summed E-state index contributed by atoms with van der Waals surface area (Å²) < 4.78 is 0. The minimum Gasteiger partial charge on any atom is -0.335 e. The summed E-state index contributed by atoms with van der Waals surface area (Å²) in [6, 6.07) is 51.5. The lowest BCUT2D eigenvalue weighted by molar-refractivity contribution is 0.195. The van der Waals surface area contributed by atoms with Crippen molar-refractivity contribution in [3.63, 3.8) is 0 Å². The molecule has 7 aliphatic rings. The molecule has 7 aromatic rings. The molecule has 374 valence electrons. The highest BCUT2D eigenvalue weighted by molar-refractivity contribution is 7.00. The Morgan fingerprint density at radius 2 is 0.986 bits per heavy atom. The number of hydrogen-bond acceptors (Lipinski definition) is 3. The molecule has 0 N–H and O–H groups in total. The average Bonchev–Trinajstić information content (AvgIpc) is 3.81. The van der Waals surface area contributed by atoms with Crippen molar-refractivity contribution in [3.8, 4) is 11.1 Å². The third-order valence-corrected chi connectivity index (χ3v) is 21.3. The Kier molecular flexibility index (Phi) is 9.36. The fourth-order valence-corrected chi connectivity index (χ4v) is 16.7. The molecule has 0 saturated heterocycles. The molecule has 7 aromatic carbocycles. The summed E-state index contributed by atoms with van der Waals surface area (Å²) in [6.07, 6.45) is 9.71. The van der Waals surface area contributed by atoms with Crippen molar-refractivity contribution in [3.05, 3.63) is 172 Å². The Morgan fingerprint density at radius 1 is 0.432 bits per heavy atom. The van der Waals surface area contributed by atoms with E-state index in [1.807, 2.05) is 0 Å². The lowest BCUT2D eigenvalue weighted by Crippen LogP contribution is -2.64. The predicted molar refractivity (Wildman–Crippen MR) is 316 cm³/mol. The molecule has 3 heterocycles. The van der Waals surface area contributed by atoms with Gasteiger partial charge in [-0.15, -0.1) is 0 Å². The van der Waals surface area contributed by atoms with Crippen LogP contribution in [0.25, 0.3) is 11.1 Å². The number of hydrogen-bond donors (Lipinski definition) is 0. The van der Waals surface area contributed by atoms with Crippen LogP contribution < -0.4 is 31.1 Å². The lowest BCUT2D eigenvalue weighted by atomic mass is 9.33. The molecule has 0 aromatic heterocycles. The first kappa shape index (κ1) is 46.5. The molecule has 1 fully saturated rings. The zero-order valence-corrected chi connectivity index (χ0v) is 46.7. The Balaban J connectivity index is 1.07. The largest absolute Gasteiger partial charge is 0.335 e. The number of rotatable bonds is 4. The first-order valence-corrected chi connectivity index (χ1v) is 28.4. The third-order valence-electron chi connectivity index (χ3n) is 21.3. The molecule has 4 heteroatoms. The standard InChI is InChI=1S/C70H76BN3/c1-43-38-59-62-60(39-43)74-63-52(69(12)32-16-17-33-70(69,74)13)23-19-24-56(63)71(62)55-31-28-46(42-58(55)73(59)57-25-18-21-48-47-20-14-15-22-49(47)68(10,11)61(48)57)72(44-26-29-50-53(40-44)66(6,7)36-34-64(50,2)3)45-27-30-51-54(41-45)67(8,9)37-35-65(51,4)5/h14-15,18-31,38-42H,16-17,32-37H2,1-13H3. The molecule has 14 rings (SSSR count). The molecular weight excluding hydrogens is 894 g/mol. The van der Waals surface area contributed by atoms with Crippen LogP contribution in [0.2, 0.25) is 0 Å². The maximum absolute atomic E-state index is 2.88. The van der Waals surface area contributed by atoms with Crippen molar-refractivity contribution in [1.82, 2.24) is 0 Å². The molecule has 0 bridgehead atoms. The highest BCUT2D eigenvalue weighted by Gasteiger charge is 2.61. The first-order chi connectivity index (χ1) is 35.1. The smallest absolute Gasteiger partial charge is 0.252 e. The van der Waals surface area contributed by atoms with E-state index in [-0.39, 0.29) is 44.7 Å². The maximum Gasteiger partial charge on any atom is 0.252 e. The van der Waals surface area contributed by atoms with Crippen molar-refractivity contribution in [2.24, 2.45) is 0 Å². The van der Waals surface area contributed by atoms with Crippen LogP contribution in [0.5, 0.6) is 0 Å². The van der Waals surface area contributed by atoms with Gasteiger partial charge in [-0.1, -0.05) is 162 Å². The van der Waals surface area contributed by atoms with Crippen molar-refractivity contribution in [1.29, 1.82) is 0 Å². The minimum atomic E-state index is -0.214. The number of aryl methyl sites for hydroxylation is 1. The van der Waals surface area contributed by atoms with Crippen LogP contribution in [0.1, 0.15) is 179 Å². The van der Waals surface area contributed by atoms with Gasteiger partial charge in [0.05, 0.1) is 11.2 Å². The van der Waals surface area contributed by atoms with Crippen molar-refractivity contribution in [2.75, 3.05) is 14.7 Å². The highest BCUT2D eigenvalue weighted by atomic mass is 15.3. The monoisotopic (exact) mass is 970 g/mol. The predicted octanol–water partition coefficient (Wildman–Crippen LogP) is 16.8. The fraction of sp³-hybridized carbons (Fsp3) is 0.400. The second-order valence-corrected chi connectivity index (χ2v) is 27.8. The van der Waals surface area contributed by atoms with E-state index in [1.165, 1.54) is 163 Å². The molecule has 0 spiro atoms. The van der Waals surface area contributed by atoms with Crippen molar-refractivity contribution in [2.45, 2.75) is 179 Å². The zero-order chi connectivity index (χ0) is 51.4. The van der Waals surface area contributed by atoms with Gasteiger partial charge >= 0.3 is 0 Å². The molecule has 4 aliphatic carbocycles. The van der Waals surface area contributed by atoms with Crippen molar-refractivity contribution < 1.29 is 0 Å². The maximum atomic E-state index is 2.88. The molecule has 2 unspecified atom stereocenters. The normalized spacial score (nSPS) is 23.9. The van der Waals surface area contributed by atoms with Gasteiger partial charge in [0.1, 0.15) is 0 Å². The number of nitrogens with zero attached hydrogens (tertiary/aromatic N) is 3. The van der Waals surface area contributed by atoms with Crippen LogP contribution >= 0.6 is 0 Å². The molecule has 74 heavy (non-hydrogen) atoms. The quantitative estimate of drug-likeness (QED) is 0.163. The number of para-hydroxylation sites is 1. The summed E-state index contributed by atoms with van der Waals surface area (Å²) >= 11 is 0. The van der Waals surface area contributed by atoms with E-state index in [0.29, 0.717) is 0 Å². The molecule has 2 atom stereocenters. The summed E-state index contributed by atoms with van der Waals surface area (Å²) in [5.74, 6) is 0. The SMILES string of the molecule is Cc1cc2c3c(c1)N1c4c(cccc4C4(C)CCCCC14C)B3c1ccc(N(c3ccc4c(c3)C(C)(C)CCC4(C)C)c3ccc4c(c3)C(C)(C)CCC4(C)C)cc1N2c1cccc2c1C(C)(C)c1ccccc1-2. The molecule has 1 saturated carbocycles.